The second-order valence-electron chi connectivity index (χ2n) is 20.3. The van der Waals surface area contributed by atoms with Crippen LogP contribution in [0.4, 0.5) is 0 Å². The summed E-state index contributed by atoms with van der Waals surface area (Å²) in [4.78, 5) is 15.7. The summed E-state index contributed by atoms with van der Waals surface area (Å²) in [6, 6.07) is 38.6. The Morgan fingerprint density at radius 1 is 0.719 bits per heavy atom. The van der Waals surface area contributed by atoms with Crippen molar-refractivity contribution in [3.63, 3.8) is 0 Å². The third-order valence-electron chi connectivity index (χ3n) is 13.4. The summed E-state index contributed by atoms with van der Waals surface area (Å²) in [6.45, 7) is 24.8. The molecular formula is C57H57BN4OSe. The second kappa shape index (κ2) is 15.8. The fourth-order valence-electron chi connectivity index (χ4n) is 10.3. The summed E-state index contributed by atoms with van der Waals surface area (Å²) in [6.07, 6.45) is 2.82. The van der Waals surface area contributed by atoms with Crippen LogP contribution >= 0.6 is 0 Å². The molecule has 64 heavy (non-hydrogen) atoms. The molecule has 0 radical (unpaired) electrons. The molecule has 3 aromatic heterocycles. The van der Waals surface area contributed by atoms with Gasteiger partial charge in [-0.3, -0.25) is 0 Å². The Morgan fingerprint density at radius 3 is 2.17 bits per heavy atom. The molecule has 0 saturated carbocycles. The fourth-order valence-corrected chi connectivity index (χ4v) is 12.9. The molecule has 320 valence electrons. The Balaban J connectivity index is 1.28. The van der Waals surface area contributed by atoms with Crippen molar-refractivity contribution in [2.75, 3.05) is 0 Å². The number of phenols is 1. The van der Waals surface area contributed by atoms with E-state index < -0.39 is 0 Å². The van der Waals surface area contributed by atoms with Crippen LogP contribution in [0.25, 0.3) is 69.9 Å². The van der Waals surface area contributed by atoms with Gasteiger partial charge in [-0.05, 0) is 25.7 Å². The van der Waals surface area contributed by atoms with Gasteiger partial charge < -0.3 is 0 Å². The number of fused-ring (bicyclic) bond motifs is 5. The molecule has 7 heteroatoms. The first kappa shape index (κ1) is 42.2. The van der Waals surface area contributed by atoms with Gasteiger partial charge in [0.05, 0.1) is 0 Å². The van der Waals surface area contributed by atoms with Crippen LogP contribution in [0, 0.1) is 19.8 Å². The maximum atomic E-state index is 11.9. The number of phenolic OH excluding ortho intramolecular Hbond substituents is 1. The van der Waals surface area contributed by atoms with Crippen molar-refractivity contribution in [2.24, 2.45) is 5.92 Å². The summed E-state index contributed by atoms with van der Waals surface area (Å²) < 4.78 is 4.99. The topological polar surface area (TPSA) is 63.8 Å². The quantitative estimate of drug-likeness (QED) is 0.154. The summed E-state index contributed by atoms with van der Waals surface area (Å²) in [5, 5.41) is 13.1. The van der Waals surface area contributed by atoms with Gasteiger partial charge in [0.2, 0.25) is 0 Å². The van der Waals surface area contributed by atoms with Crippen molar-refractivity contribution in [1.29, 1.82) is 0 Å². The average molecular weight is 904 g/mol. The number of para-hydroxylation sites is 1. The predicted octanol–water partition coefficient (Wildman–Crippen LogP) is 12.1. The number of rotatable bonds is 8. The van der Waals surface area contributed by atoms with E-state index in [1.54, 1.807) is 6.33 Å². The molecule has 0 spiro atoms. The molecule has 4 heterocycles. The summed E-state index contributed by atoms with van der Waals surface area (Å²) in [7, 11) is 0. The van der Waals surface area contributed by atoms with E-state index in [1.165, 1.54) is 52.5 Å². The average Bonchev–Trinajstić information content (AvgIpc) is 3.84. The van der Waals surface area contributed by atoms with Gasteiger partial charge in [-0.15, -0.1) is 0 Å². The van der Waals surface area contributed by atoms with Gasteiger partial charge in [-0.2, -0.15) is 0 Å². The number of imidazole rings is 1. The molecule has 0 fully saturated rings. The van der Waals surface area contributed by atoms with E-state index in [2.05, 4.69) is 171 Å². The molecule has 9 aromatic rings. The number of aryl methyl sites for hydroxylation is 2. The van der Waals surface area contributed by atoms with Crippen molar-refractivity contribution >= 4 is 68.1 Å². The fraction of sp³-hybridized carbons (Fsp3) is 0.281. The van der Waals surface area contributed by atoms with Crippen LogP contribution in [-0.4, -0.2) is 45.8 Å². The molecule has 0 atom stereocenters. The predicted molar refractivity (Wildman–Crippen MR) is 273 cm³/mol. The normalized spacial score (nSPS) is 12.8. The van der Waals surface area contributed by atoms with Crippen LogP contribution in [0.2, 0.25) is 0 Å². The molecule has 6 aromatic carbocycles. The first-order valence-electron chi connectivity index (χ1n) is 23.0. The van der Waals surface area contributed by atoms with Gasteiger partial charge >= 0.3 is 303 Å². The number of nitrogens with zero attached hydrogens (tertiary/aromatic N) is 4. The van der Waals surface area contributed by atoms with Crippen molar-refractivity contribution in [3.05, 3.63) is 143 Å². The number of hydrogen-bond donors (Lipinski definition) is 1. The monoisotopic (exact) mass is 904 g/mol. The Hall–Kier alpha value is -5.75. The van der Waals surface area contributed by atoms with E-state index in [9.17, 15) is 5.11 Å². The van der Waals surface area contributed by atoms with Crippen LogP contribution in [-0.2, 0) is 11.8 Å². The SMILES string of the molecule is Cc1cc(C)c(O)c(-c2nc3c(-c4cc(-c5ncnc6c5[se]c5cc(CC(C)C)ccc56)cc(C(C)(C)C)c4)ccc4c3n2-c2ccccc2B4c2c(C(C)C)cccc2C(C)C)c1. The Bertz CT molecular complexity index is 3300. The van der Waals surface area contributed by atoms with Gasteiger partial charge in [0, 0.05) is 0 Å². The van der Waals surface area contributed by atoms with Crippen molar-refractivity contribution in [1.82, 2.24) is 19.5 Å². The Morgan fingerprint density at radius 2 is 1.45 bits per heavy atom. The molecule has 0 saturated heterocycles. The molecule has 1 N–H and O–H groups in total. The van der Waals surface area contributed by atoms with Gasteiger partial charge in [0.1, 0.15) is 0 Å². The molecule has 0 bridgehead atoms. The first-order chi connectivity index (χ1) is 30.6. The van der Waals surface area contributed by atoms with Crippen molar-refractivity contribution in [3.8, 4) is 45.2 Å². The maximum absolute atomic E-state index is 11.9. The summed E-state index contributed by atoms with van der Waals surface area (Å²) >= 11 is 0.0726. The minimum atomic E-state index is -0.140. The molecule has 0 amide bonds. The van der Waals surface area contributed by atoms with E-state index in [0.29, 0.717) is 17.8 Å². The minimum absolute atomic E-state index is 0.0152. The molecule has 1 aliphatic heterocycles. The molecular weight excluding hydrogens is 846 g/mol. The molecule has 10 rings (SSSR count). The first-order valence-corrected chi connectivity index (χ1v) is 24.7. The van der Waals surface area contributed by atoms with E-state index in [-0.39, 0.29) is 32.4 Å². The van der Waals surface area contributed by atoms with E-state index >= 15 is 0 Å². The van der Waals surface area contributed by atoms with Gasteiger partial charge in [-0.25, -0.2) is 0 Å². The number of hydrogen-bond acceptors (Lipinski definition) is 4. The standard InChI is InChI=1S/C57H57BN4OSe/c1-31(2)23-36-19-20-43-48(26-36)64-55-50(59-30-60-52(43)55)38-27-37(28-39(29-38)57(9,10)11)42-21-22-46-53-51(42)61-56(44-25-34(7)24-35(8)54(44)63)62(53)47-18-13-12-17-45(47)58(46)49-40(32(3)4)15-14-16-41(49)33(5)6/h12-22,24-33,63H,23H2,1-11H3. The summed E-state index contributed by atoms with van der Waals surface area (Å²) in [5.74, 6) is 2.28. The number of benzene rings is 6. The zero-order valence-corrected chi connectivity index (χ0v) is 40.8. The van der Waals surface area contributed by atoms with Gasteiger partial charge in [-0.1, -0.05) is 58.0 Å². The summed E-state index contributed by atoms with van der Waals surface area (Å²) in [5.41, 5.74) is 20.2. The molecule has 0 unspecified atom stereocenters. The van der Waals surface area contributed by atoms with Crippen LogP contribution in [0.15, 0.2) is 109 Å². The van der Waals surface area contributed by atoms with Crippen LogP contribution in [0.5, 0.6) is 5.75 Å². The van der Waals surface area contributed by atoms with Gasteiger partial charge in [0.15, 0.2) is 0 Å². The van der Waals surface area contributed by atoms with E-state index in [1.807, 2.05) is 13.0 Å². The third kappa shape index (κ3) is 6.95. The van der Waals surface area contributed by atoms with Crippen LogP contribution in [0.3, 0.4) is 0 Å². The second-order valence-corrected chi connectivity index (χ2v) is 22.5. The number of aromatic nitrogens is 4. The number of aromatic hydroxyl groups is 1. The molecule has 0 aliphatic carbocycles. The Kier molecular flexibility index (Phi) is 10.4. The molecule has 5 nitrogen and oxygen atoms in total. The zero-order chi connectivity index (χ0) is 44.9. The van der Waals surface area contributed by atoms with E-state index in [4.69, 9.17) is 15.0 Å². The Labute approximate surface area is 384 Å². The third-order valence-corrected chi connectivity index (χ3v) is 15.8. The molecule has 1 aliphatic rings. The van der Waals surface area contributed by atoms with Gasteiger partial charge in [0.25, 0.3) is 0 Å². The zero-order valence-electron chi connectivity index (χ0n) is 39.1. The van der Waals surface area contributed by atoms with E-state index in [0.717, 1.165) is 73.6 Å². The van der Waals surface area contributed by atoms with Crippen LogP contribution in [0.1, 0.15) is 108 Å². The van der Waals surface area contributed by atoms with Crippen molar-refractivity contribution < 1.29 is 5.11 Å². The van der Waals surface area contributed by atoms with Crippen molar-refractivity contribution in [2.45, 2.75) is 99.8 Å². The van der Waals surface area contributed by atoms with Crippen LogP contribution < -0.4 is 16.4 Å².